The quantitative estimate of drug-likeness (QED) is 0.842. The summed E-state index contributed by atoms with van der Waals surface area (Å²) in [6.07, 6.45) is 7.49. The molecule has 1 amide bonds. The number of hydrogen-bond acceptors (Lipinski definition) is 3. The third-order valence-corrected chi connectivity index (χ3v) is 5.74. The van der Waals surface area contributed by atoms with E-state index in [9.17, 15) is 14.0 Å². The zero-order valence-corrected chi connectivity index (χ0v) is 14.2. The van der Waals surface area contributed by atoms with Crippen molar-refractivity contribution in [2.75, 3.05) is 13.1 Å². The van der Waals surface area contributed by atoms with Crippen molar-refractivity contribution >= 4 is 16.8 Å². The lowest BCUT2D eigenvalue weighted by Crippen LogP contribution is -2.46. The summed E-state index contributed by atoms with van der Waals surface area (Å²) in [4.78, 5) is 31.2. The van der Waals surface area contributed by atoms with Gasteiger partial charge >= 0.3 is 0 Å². The maximum atomic E-state index is 13.4. The number of fused-ring (bicyclic) bond motifs is 2. The molecule has 0 spiro atoms. The van der Waals surface area contributed by atoms with Gasteiger partial charge < -0.3 is 4.90 Å². The van der Waals surface area contributed by atoms with Crippen molar-refractivity contribution < 1.29 is 9.18 Å². The first-order valence-corrected chi connectivity index (χ1v) is 9.04. The second-order valence-electron chi connectivity index (χ2n) is 7.27. The van der Waals surface area contributed by atoms with Crippen LogP contribution in [0.1, 0.15) is 32.1 Å². The molecule has 1 saturated carbocycles. The van der Waals surface area contributed by atoms with E-state index in [1.54, 1.807) is 0 Å². The Kier molecular flexibility index (Phi) is 4.27. The zero-order valence-electron chi connectivity index (χ0n) is 14.2. The third kappa shape index (κ3) is 3.17. The van der Waals surface area contributed by atoms with E-state index in [0.29, 0.717) is 11.4 Å². The first-order valence-electron chi connectivity index (χ1n) is 9.04. The van der Waals surface area contributed by atoms with E-state index in [1.807, 2.05) is 4.90 Å². The lowest BCUT2D eigenvalue weighted by molar-refractivity contribution is -0.135. The summed E-state index contributed by atoms with van der Waals surface area (Å²) in [5.41, 5.74) is 0.0727. The summed E-state index contributed by atoms with van der Waals surface area (Å²) < 4.78 is 14.7. The lowest BCUT2D eigenvalue weighted by atomic mass is 9.75. The molecule has 0 N–H and O–H groups in total. The van der Waals surface area contributed by atoms with Crippen molar-refractivity contribution in [2.45, 2.75) is 38.6 Å². The second kappa shape index (κ2) is 6.58. The molecular formula is C19H22FN3O2. The largest absolute Gasteiger partial charge is 0.341 e. The van der Waals surface area contributed by atoms with E-state index < -0.39 is 5.82 Å². The Hall–Kier alpha value is -2.24. The van der Waals surface area contributed by atoms with Crippen molar-refractivity contribution in [3.8, 4) is 0 Å². The molecule has 2 fully saturated rings. The minimum atomic E-state index is -0.477. The predicted octanol–water partition coefficient (Wildman–Crippen LogP) is 2.57. The minimum absolute atomic E-state index is 0.0321. The maximum absolute atomic E-state index is 13.4. The standard InChI is InChI=1S/C19H22FN3O2/c20-15-5-6-17-16(9-15)19(25)23(12-21-17)11-18(24)22-8-7-13-3-1-2-4-14(13)10-22/h5-6,9,12-14H,1-4,7-8,10-11H2/t13-,14-/m1/s1. The summed E-state index contributed by atoms with van der Waals surface area (Å²) in [7, 11) is 0. The molecule has 6 heteroatoms. The van der Waals surface area contributed by atoms with Gasteiger partial charge in [0.1, 0.15) is 12.4 Å². The molecule has 132 valence electrons. The van der Waals surface area contributed by atoms with Gasteiger partial charge in [-0.2, -0.15) is 0 Å². The molecule has 2 atom stereocenters. The Labute approximate surface area is 145 Å². The molecule has 4 rings (SSSR count). The zero-order chi connectivity index (χ0) is 17.4. The van der Waals surface area contributed by atoms with Crippen molar-refractivity contribution in [1.29, 1.82) is 0 Å². The van der Waals surface area contributed by atoms with Gasteiger partial charge in [0.25, 0.3) is 5.56 Å². The van der Waals surface area contributed by atoms with E-state index in [4.69, 9.17) is 0 Å². The number of carbonyl (C=O) groups is 1. The number of likely N-dealkylation sites (tertiary alicyclic amines) is 1. The normalized spacial score (nSPS) is 23.5. The second-order valence-corrected chi connectivity index (χ2v) is 7.27. The number of aromatic nitrogens is 2. The molecule has 0 radical (unpaired) electrons. The highest BCUT2D eigenvalue weighted by Crippen LogP contribution is 2.36. The van der Waals surface area contributed by atoms with Crippen LogP contribution in [-0.4, -0.2) is 33.4 Å². The molecule has 25 heavy (non-hydrogen) atoms. The van der Waals surface area contributed by atoms with Crippen LogP contribution < -0.4 is 5.56 Å². The number of rotatable bonds is 2. The van der Waals surface area contributed by atoms with Gasteiger partial charge in [0.05, 0.1) is 17.2 Å². The number of benzene rings is 1. The van der Waals surface area contributed by atoms with Crippen LogP contribution in [0.25, 0.3) is 10.9 Å². The molecule has 1 aromatic carbocycles. The highest BCUT2D eigenvalue weighted by molar-refractivity contribution is 5.79. The summed E-state index contributed by atoms with van der Waals surface area (Å²) in [6.45, 7) is 1.54. The van der Waals surface area contributed by atoms with Crippen molar-refractivity contribution in [3.63, 3.8) is 0 Å². The van der Waals surface area contributed by atoms with Crippen LogP contribution in [-0.2, 0) is 11.3 Å². The van der Waals surface area contributed by atoms with E-state index in [1.165, 1.54) is 54.8 Å². The molecular weight excluding hydrogens is 321 g/mol. The predicted molar refractivity (Wildman–Crippen MR) is 92.6 cm³/mol. The lowest BCUT2D eigenvalue weighted by Gasteiger charge is -2.41. The molecule has 1 saturated heterocycles. The fourth-order valence-corrected chi connectivity index (χ4v) is 4.32. The van der Waals surface area contributed by atoms with Gasteiger partial charge in [-0.25, -0.2) is 9.37 Å². The fraction of sp³-hybridized carbons (Fsp3) is 0.526. The van der Waals surface area contributed by atoms with E-state index in [2.05, 4.69) is 4.98 Å². The topological polar surface area (TPSA) is 55.2 Å². The summed E-state index contributed by atoms with van der Waals surface area (Å²) in [5, 5.41) is 0.210. The monoisotopic (exact) mass is 343 g/mol. The molecule has 0 bridgehead atoms. The average molecular weight is 343 g/mol. The molecule has 1 aliphatic heterocycles. The summed E-state index contributed by atoms with van der Waals surface area (Å²) >= 11 is 0. The van der Waals surface area contributed by atoms with Crippen LogP contribution >= 0.6 is 0 Å². The maximum Gasteiger partial charge on any atom is 0.261 e. The number of piperidine rings is 1. The summed E-state index contributed by atoms with van der Waals surface area (Å²) in [5.74, 6) is 0.830. The Morgan fingerprint density at radius 1 is 1.20 bits per heavy atom. The molecule has 0 unspecified atom stereocenters. The van der Waals surface area contributed by atoms with Crippen LogP contribution in [0.5, 0.6) is 0 Å². The van der Waals surface area contributed by atoms with E-state index >= 15 is 0 Å². The van der Waals surface area contributed by atoms with Gasteiger partial charge in [-0.3, -0.25) is 14.2 Å². The van der Waals surface area contributed by atoms with Gasteiger partial charge in [-0.1, -0.05) is 19.3 Å². The number of hydrogen-bond donors (Lipinski definition) is 0. The minimum Gasteiger partial charge on any atom is -0.341 e. The Morgan fingerprint density at radius 3 is 2.84 bits per heavy atom. The number of halogens is 1. The first-order chi connectivity index (χ1) is 12.1. The molecule has 2 heterocycles. The van der Waals surface area contributed by atoms with Crippen LogP contribution in [0.3, 0.4) is 0 Å². The number of nitrogens with zero attached hydrogens (tertiary/aromatic N) is 3. The molecule has 1 aliphatic carbocycles. The Bertz CT molecular complexity index is 863. The highest BCUT2D eigenvalue weighted by Gasteiger charge is 2.32. The Balaban J connectivity index is 1.52. The first kappa shape index (κ1) is 16.2. The Morgan fingerprint density at radius 2 is 2.00 bits per heavy atom. The summed E-state index contributed by atoms with van der Waals surface area (Å²) in [6, 6.07) is 3.93. The third-order valence-electron chi connectivity index (χ3n) is 5.74. The van der Waals surface area contributed by atoms with Crippen LogP contribution in [0.15, 0.2) is 29.3 Å². The van der Waals surface area contributed by atoms with Crippen LogP contribution in [0.2, 0.25) is 0 Å². The molecule has 2 aromatic rings. The van der Waals surface area contributed by atoms with Crippen LogP contribution in [0, 0.1) is 17.7 Å². The van der Waals surface area contributed by atoms with Gasteiger partial charge in [0.2, 0.25) is 5.91 Å². The van der Waals surface area contributed by atoms with Gasteiger partial charge in [-0.15, -0.1) is 0 Å². The van der Waals surface area contributed by atoms with Crippen molar-refractivity contribution in [1.82, 2.24) is 14.5 Å². The molecule has 1 aromatic heterocycles. The van der Waals surface area contributed by atoms with Crippen LogP contribution in [0.4, 0.5) is 4.39 Å². The van der Waals surface area contributed by atoms with Gasteiger partial charge in [0, 0.05) is 13.1 Å². The van der Waals surface area contributed by atoms with Gasteiger partial charge in [-0.05, 0) is 42.9 Å². The number of carbonyl (C=O) groups excluding carboxylic acids is 1. The highest BCUT2D eigenvalue weighted by atomic mass is 19.1. The SMILES string of the molecule is O=C(Cn1cnc2ccc(F)cc2c1=O)N1CC[C@H]2CCCC[C@@H]2C1. The molecule has 5 nitrogen and oxygen atoms in total. The fourth-order valence-electron chi connectivity index (χ4n) is 4.32. The van der Waals surface area contributed by atoms with Gasteiger partial charge in [0.15, 0.2) is 0 Å². The smallest absolute Gasteiger partial charge is 0.261 e. The van der Waals surface area contributed by atoms with E-state index in [0.717, 1.165) is 25.4 Å². The average Bonchev–Trinajstić information content (AvgIpc) is 2.64. The van der Waals surface area contributed by atoms with Crippen molar-refractivity contribution in [3.05, 3.63) is 40.7 Å². The molecule has 2 aliphatic rings. The number of amides is 1. The van der Waals surface area contributed by atoms with Crippen molar-refractivity contribution in [2.24, 2.45) is 11.8 Å². The van der Waals surface area contributed by atoms with E-state index in [-0.39, 0.29) is 23.4 Å².